The first-order valence-corrected chi connectivity index (χ1v) is 20.8. The molecule has 0 aliphatic carbocycles. The van der Waals surface area contributed by atoms with Crippen LogP contribution < -0.4 is 10.6 Å². The molecule has 0 spiro atoms. The highest BCUT2D eigenvalue weighted by molar-refractivity contribution is 5.87. The first-order valence-electron chi connectivity index (χ1n) is 20.8. The van der Waals surface area contributed by atoms with Gasteiger partial charge in [-0.05, 0) is 44.5 Å². The fourth-order valence-corrected chi connectivity index (χ4v) is 6.21. The Labute approximate surface area is 364 Å². The molecule has 4 rings (SSSR count). The fraction of sp³-hybridized carbons (Fsp3) is 0.467. The van der Waals surface area contributed by atoms with Gasteiger partial charge in [0, 0.05) is 65.4 Å². The maximum atomic E-state index is 13.6. The number of hydrogen-bond donors (Lipinski definition) is 2. The van der Waals surface area contributed by atoms with Gasteiger partial charge in [-0.3, -0.25) is 19.3 Å². The van der Waals surface area contributed by atoms with Crippen molar-refractivity contribution >= 4 is 36.1 Å². The Balaban J connectivity index is 1.50. The number of carbonyl (C=O) groups is 6. The third-order valence-corrected chi connectivity index (χ3v) is 9.57. The molecule has 336 valence electrons. The molecule has 3 aromatic carbocycles. The third-order valence-electron chi connectivity index (χ3n) is 9.57. The minimum absolute atomic E-state index is 0.0263. The van der Waals surface area contributed by atoms with Crippen molar-refractivity contribution in [3.05, 3.63) is 108 Å². The number of nitrogens with one attached hydrogen (secondary N) is 2. The Morgan fingerprint density at radius 1 is 0.597 bits per heavy atom. The SMILES string of the molecule is CNCCN(CC(=O)OC(C)(C)C)C(=O)CNC(=O)CN1CCN(C(=O)OCc2ccccc2)CCN(C(=O)OCc2ccccc2)CCN(C(=O)OCc2ccccc2)CC1. The van der Waals surface area contributed by atoms with Crippen molar-refractivity contribution in [1.29, 1.82) is 0 Å². The number of ether oxygens (including phenoxy) is 4. The van der Waals surface area contributed by atoms with Crippen molar-refractivity contribution in [1.82, 2.24) is 35.1 Å². The lowest BCUT2D eigenvalue weighted by Gasteiger charge is -2.33. The van der Waals surface area contributed by atoms with E-state index in [1.807, 2.05) is 91.0 Å². The zero-order valence-corrected chi connectivity index (χ0v) is 36.3. The summed E-state index contributed by atoms with van der Waals surface area (Å²) in [5.41, 5.74) is 1.65. The topological polar surface area (TPSA) is 180 Å². The Hall–Kier alpha value is -6.20. The Bertz CT molecular complexity index is 1790. The molecule has 1 fully saturated rings. The molecule has 3 aromatic rings. The van der Waals surface area contributed by atoms with E-state index in [1.54, 1.807) is 32.7 Å². The maximum absolute atomic E-state index is 13.6. The van der Waals surface area contributed by atoms with Gasteiger partial charge in [0.05, 0.1) is 13.1 Å². The third kappa shape index (κ3) is 18.2. The average Bonchev–Trinajstić information content (AvgIpc) is 3.25. The van der Waals surface area contributed by atoms with Gasteiger partial charge in [0.15, 0.2) is 0 Å². The summed E-state index contributed by atoms with van der Waals surface area (Å²) < 4.78 is 22.5. The Morgan fingerprint density at radius 3 is 1.35 bits per heavy atom. The van der Waals surface area contributed by atoms with Gasteiger partial charge in [0.1, 0.15) is 32.0 Å². The van der Waals surface area contributed by atoms with Crippen LogP contribution in [0.2, 0.25) is 0 Å². The summed E-state index contributed by atoms with van der Waals surface area (Å²) >= 11 is 0. The molecule has 0 saturated carbocycles. The van der Waals surface area contributed by atoms with Gasteiger partial charge in [-0.25, -0.2) is 14.4 Å². The van der Waals surface area contributed by atoms with Crippen molar-refractivity contribution in [3.8, 4) is 0 Å². The molecule has 2 N–H and O–H groups in total. The van der Waals surface area contributed by atoms with E-state index < -0.39 is 41.7 Å². The molecule has 17 heteroatoms. The van der Waals surface area contributed by atoms with Crippen LogP contribution in [-0.2, 0) is 53.2 Å². The number of benzene rings is 3. The highest BCUT2D eigenvalue weighted by Gasteiger charge is 2.27. The van der Waals surface area contributed by atoms with Gasteiger partial charge in [0.25, 0.3) is 0 Å². The number of amides is 5. The van der Waals surface area contributed by atoms with Crippen molar-refractivity contribution in [3.63, 3.8) is 0 Å². The monoisotopic (exact) mass is 859 g/mol. The van der Waals surface area contributed by atoms with Crippen molar-refractivity contribution in [2.75, 3.05) is 92.1 Å². The van der Waals surface area contributed by atoms with E-state index in [0.717, 1.165) is 16.7 Å². The molecule has 17 nitrogen and oxygen atoms in total. The molecule has 1 aliphatic rings. The van der Waals surface area contributed by atoms with Crippen LogP contribution >= 0.6 is 0 Å². The summed E-state index contributed by atoms with van der Waals surface area (Å²) in [6.07, 6.45) is -1.85. The van der Waals surface area contributed by atoms with Crippen molar-refractivity contribution in [2.24, 2.45) is 0 Å². The van der Waals surface area contributed by atoms with Crippen LogP contribution in [0.15, 0.2) is 91.0 Å². The van der Waals surface area contributed by atoms with Gasteiger partial charge in [-0.1, -0.05) is 91.0 Å². The molecule has 1 aliphatic heterocycles. The highest BCUT2D eigenvalue weighted by atomic mass is 16.6. The molecule has 1 heterocycles. The van der Waals surface area contributed by atoms with E-state index >= 15 is 0 Å². The second kappa shape index (κ2) is 25.5. The standard InChI is InChI=1S/C45H61N7O10/c1-45(2,3)62-41(55)32-52(21-20-46-4)40(54)30-47-39(53)31-48-22-24-49(42(56)59-33-36-14-8-5-9-15-36)26-28-51(44(58)61-35-38-18-12-7-13-19-38)29-27-50(25-23-48)43(57)60-34-37-16-10-6-11-17-37/h5-19,46H,20-35H2,1-4H3,(H,47,53). The number of rotatable bonds is 15. The van der Waals surface area contributed by atoms with Crippen LogP contribution in [0.3, 0.4) is 0 Å². The second-order valence-electron chi connectivity index (χ2n) is 15.6. The fourth-order valence-electron chi connectivity index (χ4n) is 6.21. The van der Waals surface area contributed by atoms with E-state index in [4.69, 9.17) is 18.9 Å². The summed E-state index contributed by atoms with van der Waals surface area (Å²) in [4.78, 5) is 87.6. The van der Waals surface area contributed by atoms with Crippen LogP contribution in [0, 0.1) is 0 Å². The van der Waals surface area contributed by atoms with Crippen molar-refractivity contribution in [2.45, 2.75) is 46.2 Å². The van der Waals surface area contributed by atoms with E-state index in [9.17, 15) is 28.8 Å². The zero-order valence-electron chi connectivity index (χ0n) is 36.3. The van der Waals surface area contributed by atoms with Gasteiger partial charge in [-0.2, -0.15) is 0 Å². The molecule has 0 atom stereocenters. The Morgan fingerprint density at radius 2 is 0.984 bits per heavy atom. The number of likely N-dealkylation sites (N-methyl/N-ethyl adjacent to an activating group) is 1. The zero-order chi connectivity index (χ0) is 44.7. The molecular formula is C45H61N7O10. The first-order chi connectivity index (χ1) is 29.8. The molecule has 0 radical (unpaired) electrons. The van der Waals surface area contributed by atoms with E-state index in [-0.39, 0.29) is 98.4 Å². The molecule has 62 heavy (non-hydrogen) atoms. The van der Waals surface area contributed by atoms with E-state index in [2.05, 4.69) is 10.6 Å². The largest absolute Gasteiger partial charge is 0.459 e. The predicted molar refractivity (Wildman–Crippen MR) is 230 cm³/mol. The van der Waals surface area contributed by atoms with Gasteiger partial charge in [-0.15, -0.1) is 0 Å². The lowest BCUT2D eigenvalue weighted by Crippen LogP contribution is -2.51. The summed E-state index contributed by atoms with van der Waals surface area (Å²) in [7, 11) is 1.72. The quantitative estimate of drug-likeness (QED) is 0.168. The number of nitrogens with zero attached hydrogens (tertiary/aromatic N) is 5. The van der Waals surface area contributed by atoms with Crippen LogP contribution in [0.1, 0.15) is 37.5 Å². The molecular weight excluding hydrogens is 799 g/mol. The summed E-state index contributed by atoms with van der Waals surface area (Å²) in [6, 6.07) is 27.7. The lowest BCUT2D eigenvalue weighted by molar-refractivity contribution is -0.158. The first kappa shape index (κ1) is 48.5. The highest BCUT2D eigenvalue weighted by Crippen LogP contribution is 2.11. The molecule has 0 aromatic heterocycles. The normalized spacial score (nSPS) is 14.1. The van der Waals surface area contributed by atoms with Crippen LogP contribution in [0.5, 0.6) is 0 Å². The van der Waals surface area contributed by atoms with E-state index in [1.165, 1.54) is 19.6 Å². The maximum Gasteiger partial charge on any atom is 0.410 e. The summed E-state index contributed by atoms with van der Waals surface area (Å²) in [5, 5.41) is 5.63. The minimum Gasteiger partial charge on any atom is -0.459 e. The lowest BCUT2D eigenvalue weighted by atomic mass is 10.2. The van der Waals surface area contributed by atoms with Crippen LogP contribution in [0.25, 0.3) is 0 Å². The van der Waals surface area contributed by atoms with Gasteiger partial charge < -0.3 is 49.2 Å². The van der Waals surface area contributed by atoms with E-state index in [0.29, 0.717) is 6.54 Å². The number of carbonyl (C=O) groups excluding carboxylic acids is 6. The van der Waals surface area contributed by atoms with Gasteiger partial charge >= 0.3 is 24.2 Å². The number of hydrogen-bond acceptors (Lipinski definition) is 12. The Kier molecular flexibility index (Phi) is 20.0. The predicted octanol–water partition coefficient (Wildman–Crippen LogP) is 3.72. The summed E-state index contributed by atoms with van der Waals surface area (Å²) in [5.74, 6) is -1.53. The summed E-state index contributed by atoms with van der Waals surface area (Å²) in [6.45, 7) is 5.83. The van der Waals surface area contributed by atoms with Crippen LogP contribution in [-0.4, -0.2) is 158 Å². The average molecular weight is 860 g/mol. The van der Waals surface area contributed by atoms with Crippen molar-refractivity contribution < 1.29 is 47.7 Å². The second-order valence-corrected chi connectivity index (χ2v) is 15.6. The molecule has 0 bridgehead atoms. The molecule has 1 saturated heterocycles. The minimum atomic E-state index is -0.735. The molecule has 0 unspecified atom stereocenters. The van der Waals surface area contributed by atoms with Gasteiger partial charge in [0.2, 0.25) is 11.8 Å². The smallest absolute Gasteiger partial charge is 0.410 e. The molecule has 5 amide bonds. The number of esters is 1. The van der Waals surface area contributed by atoms with Crippen LogP contribution in [0.4, 0.5) is 14.4 Å².